The van der Waals surface area contributed by atoms with Crippen molar-refractivity contribution in [2.75, 3.05) is 7.05 Å². The molecule has 5 nitrogen and oxygen atoms in total. The molecule has 2 amide bonds. The highest BCUT2D eigenvalue weighted by Crippen LogP contribution is 2.12. The maximum atomic E-state index is 11.9. The van der Waals surface area contributed by atoms with Crippen molar-refractivity contribution in [2.24, 2.45) is 0 Å². The molecule has 1 aromatic rings. The Morgan fingerprint density at radius 2 is 1.70 bits per heavy atom. The van der Waals surface area contributed by atoms with Crippen LogP contribution in [0.1, 0.15) is 31.9 Å². The molecule has 0 aliphatic rings. The van der Waals surface area contributed by atoms with Gasteiger partial charge >= 0.3 is 12.0 Å². The van der Waals surface area contributed by atoms with Crippen molar-refractivity contribution in [1.29, 1.82) is 0 Å². The van der Waals surface area contributed by atoms with E-state index in [0.717, 1.165) is 12.0 Å². The van der Waals surface area contributed by atoms with Crippen LogP contribution in [0.2, 0.25) is 0 Å². The van der Waals surface area contributed by atoms with E-state index in [1.807, 2.05) is 24.3 Å². The van der Waals surface area contributed by atoms with Crippen LogP contribution in [0.25, 0.3) is 0 Å². The number of carboxylic acid groups (broad SMARTS) is 1. The van der Waals surface area contributed by atoms with Crippen LogP contribution in [-0.2, 0) is 17.8 Å². The summed E-state index contributed by atoms with van der Waals surface area (Å²) in [5.41, 5.74) is 0.983. The van der Waals surface area contributed by atoms with Gasteiger partial charge in [-0.25, -0.2) is 9.59 Å². The maximum absolute atomic E-state index is 11.9. The lowest BCUT2D eigenvalue weighted by Gasteiger charge is -2.31. The number of likely N-dealkylation sites (N-methyl/N-ethyl adjacent to an activating group) is 1. The van der Waals surface area contributed by atoms with E-state index in [0.29, 0.717) is 6.54 Å². The van der Waals surface area contributed by atoms with Crippen molar-refractivity contribution in [3.05, 3.63) is 35.4 Å². The van der Waals surface area contributed by atoms with Gasteiger partial charge in [-0.15, -0.1) is 0 Å². The van der Waals surface area contributed by atoms with Gasteiger partial charge in [-0.05, 0) is 31.4 Å². The summed E-state index contributed by atoms with van der Waals surface area (Å²) in [6.45, 7) is 5.44. The first-order chi connectivity index (χ1) is 9.28. The van der Waals surface area contributed by atoms with Crippen LogP contribution in [0.15, 0.2) is 24.3 Å². The summed E-state index contributed by atoms with van der Waals surface area (Å²) in [5.74, 6) is -1.04. The third-order valence-electron chi connectivity index (χ3n) is 3.54. The lowest BCUT2D eigenvalue weighted by Crippen LogP contribution is -2.53. The molecule has 110 valence electrons. The Morgan fingerprint density at radius 1 is 1.20 bits per heavy atom. The summed E-state index contributed by atoms with van der Waals surface area (Å²) in [6, 6.07) is 7.55. The monoisotopic (exact) mass is 278 g/mol. The quantitative estimate of drug-likeness (QED) is 0.868. The first-order valence-electron chi connectivity index (χ1n) is 6.62. The molecule has 0 saturated heterocycles. The third-order valence-corrected chi connectivity index (χ3v) is 3.54. The summed E-state index contributed by atoms with van der Waals surface area (Å²) >= 11 is 0. The van der Waals surface area contributed by atoms with Gasteiger partial charge in [-0.1, -0.05) is 31.2 Å². The summed E-state index contributed by atoms with van der Waals surface area (Å²) in [4.78, 5) is 24.2. The summed E-state index contributed by atoms with van der Waals surface area (Å²) in [6.07, 6.45) is 0.974. The molecule has 5 heteroatoms. The summed E-state index contributed by atoms with van der Waals surface area (Å²) in [7, 11) is 1.48. The van der Waals surface area contributed by atoms with Crippen molar-refractivity contribution in [3.8, 4) is 0 Å². The number of urea groups is 1. The number of aliphatic carboxylic acids is 1. The SMILES string of the molecule is CCc1ccc(CNC(=O)N(C)C(C)(C)C(=O)O)cc1. The molecule has 0 heterocycles. The van der Waals surface area contributed by atoms with Crippen LogP contribution in [0.4, 0.5) is 4.79 Å². The van der Waals surface area contributed by atoms with Crippen LogP contribution in [0, 0.1) is 0 Å². The second-order valence-electron chi connectivity index (χ2n) is 5.25. The zero-order valence-corrected chi connectivity index (χ0v) is 12.4. The Morgan fingerprint density at radius 3 is 2.15 bits per heavy atom. The molecule has 0 atom stereocenters. The van der Waals surface area contributed by atoms with Crippen LogP contribution < -0.4 is 5.32 Å². The number of hydrogen-bond donors (Lipinski definition) is 2. The Hall–Kier alpha value is -2.04. The van der Waals surface area contributed by atoms with Gasteiger partial charge in [0.05, 0.1) is 0 Å². The van der Waals surface area contributed by atoms with Gasteiger partial charge in [0.25, 0.3) is 0 Å². The minimum Gasteiger partial charge on any atom is -0.480 e. The van der Waals surface area contributed by atoms with E-state index >= 15 is 0 Å². The minimum atomic E-state index is -1.24. The first kappa shape index (κ1) is 16.0. The number of carboxylic acids is 1. The Balaban J connectivity index is 2.60. The van der Waals surface area contributed by atoms with Crippen molar-refractivity contribution in [2.45, 2.75) is 39.3 Å². The number of nitrogens with zero attached hydrogens (tertiary/aromatic N) is 1. The zero-order valence-electron chi connectivity index (χ0n) is 12.4. The number of benzene rings is 1. The highest BCUT2D eigenvalue weighted by molar-refractivity contribution is 5.85. The van der Waals surface area contributed by atoms with Gasteiger partial charge in [-0.2, -0.15) is 0 Å². The lowest BCUT2D eigenvalue weighted by atomic mass is 10.0. The molecule has 2 N–H and O–H groups in total. The smallest absolute Gasteiger partial charge is 0.329 e. The molecule has 0 unspecified atom stereocenters. The van der Waals surface area contributed by atoms with E-state index in [1.165, 1.54) is 31.4 Å². The van der Waals surface area contributed by atoms with E-state index < -0.39 is 17.5 Å². The number of carbonyl (C=O) groups is 2. The molecule has 0 spiro atoms. The highest BCUT2D eigenvalue weighted by atomic mass is 16.4. The van der Waals surface area contributed by atoms with Gasteiger partial charge < -0.3 is 15.3 Å². The molecular formula is C15H22N2O3. The van der Waals surface area contributed by atoms with Crippen molar-refractivity contribution >= 4 is 12.0 Å². The molecule has 1 aromatic carbocycles. The Labute approximate surface area is 119 Å². The number of amides is 2. The van der Waals surface area contributed by atoms with E-state index in [4.69, 9.17) is 5.11 Å². The standard InChI is InChI=1S/C15H22N2O3/c1-5-11-6-8-12(9-7-11)10-16-14(20)17(4)15(2,3)13(18)19/h6-9H,5,10H2,1-4H3,(H,16,20)(H,18,19). The van der Waals surface area contributed by atoms with Gasteiger partial charge in [0.15, 0.2) is 0 Å². The average molecular weight is 278 g/mol. The van der Waals surface area contributed by atoms with E-state index in [1.54, 1.807) is 0 Å². The second-order valence-corrected chi connectivity index (χ2v) is 5.25. The largest absolute Gasteiger partial charge is 0.480 e. The number of rotatable bonds is 5. The van der Waals surface area contributed by atoms with Crippen molar-refractivity contribution in [1.82, 2.24) is 10.2 Å². The zero-order chi connectivity index (χ0) is 15.3. The van der Waals surface area contributed by atoms with Gasteiger partial charge in [-0.3, -0.25) is 0 Å². The predicted octanol–water partition coefficient (Wildman–Crippen LogP) is 2.25. The Bertz CT molecular complexity index is 480. The fourth-order valence-corrected chi connectivity index (χ4v) is 1.59. The third kappa shape index (κ3) is 3.73. The Kier molecular flexibility index (Phi) is 5.13. The van der Waals surface area contributed by atoms with Crippen LogP contribution >= 0.6 is 0 Å². The fourth-order valence-electron chi connectivity index (χ4n) is 1.59. The fraction of sp³-hybridized carbons (Fsp3) is 0.467. The number of nitrogens with one attached hydrogen (secondary N) is 1. The molecular weight excluding hydrogens is 256 g/mol. The van der Waals surface area contributed by atoms with Gasteiger partial charge in [0.1, 0.15) is 5.54 Å². The van der Waals surface area contributed by atoms with Crippen LogP contribution in [0.5, 0.6) is 0 Å². The summed E-state index contributed by atoms with van der Waals surface area (Å²) in [5, 5.41) is 11.8. The van der Waals surface area contributed by atoms with E-state index in [-0.39, 0.29) is 0 Å². The minimum absolute atomic E-state index is 0.378. The number of hydrogen-bond acceptors (Lipinski definition) is 2. The van der Waals surface area contributed by atoms with Crippen molar-refractivity contribution in [3.63, 3.8) is 0 Å². The molecule has 0 saturated carbocycles. The second kappa shape index (κ2) is 6.41. The number of carbonyl (C=O) groups excluding carboxylic acids is 1. The first-order valence-corrected chi connectivity index (χ1v) is 6.62. The molecule has 0 radical (unpaired) electrons. The number of aryl methyl sites for hydroxylation is 1. The molecule has 0 bridgehead atoms. The molecule has 0 aromatic heterocycles. The topological polar surface area (TPSA) is 69.6 Å². The molecule has 20 heavy (non-hydrogen) atoms. The van der Waals surface area contributed by atoms with Crippen LogP contribution in [-0.4, -0.2) is 34.6 Å². The molecule has 1 rings (SSSR count). The predicted molar refractivity (Wildman–Crippen MR) is 77.5 cm³/mol. The van der Waals surface area contributed by atoms with E-state index in [9.17, 15) is 9.59 Å². The van der Waals surface area contributed by atoms with E-state index in [2.05, 4.69) is 12.2 Å². The summed E-state index contributed by atoms with van der Waals surface area (Å²) < 4.78 is 0. The van der Waals surface area contributed by atoms with Crippen LogP contribution in [0.3, 0.4) is 0 Å². The molecule has 0 aliphatic carbocycles. The van der Waals surface area contributed by atoms with Crippen molar-refractivity contribution < 1.29 is 14.7 Å². The van der Waals surface area contributed by atoms with Gasteiger partial charge in [0.2, 0.25) is 0 Å². The molecule has 0 fully saturated rings. The average Bonchev–Trinajstić information content (AvgIpc) is 2.44. The molecule has 0 aliphatic heterocycles. The highest BCUT2D eigenvalue weighted by Gasteiger charge is 2.35. The lowest BCUT2D eigenvalue weighted by molar-refractivity contribution is -0.146. The van der Waals surface area contributed by atoms with Gasteiger partial charge in [0, 0.05) is 13.6 Å². The maximum Gasteiger partial charge on any atom is 0.329 e. The normalized spacial score (nSPS) is 11.0.